The molecule has 0 atom stereocenters. The zero-order valence-electron chi connectivity index (χ0n) is 11.3. The van der Waals surface area contributed by atoms with Crippen LogP contribution in [0.15, 0.2) is 59.3 Å². The lowest BCUT2D eigenvalue weighted by molar-refractivity contribution is 0.574. The largest absolute Gasteiger partial charge is 0.445 e. The first-order valence-electron chi connectivity index (χ1n) is 6.58. The summed E-state index contributed by atoms with van der Waals surface area (Å²) in [6.07, 6.45) is 3.25. The van der Waals surface area contributed by atoms with Crippen molar-refractivity contribution >= 4 is 0 Å². The third-order valence-corrected chi connectivity index (χ3v) is 3.42. The minimum Gasteiger partial charge on any atom is -0.445 e. The Hall–Kier alpha value is -2.39. The van der Waals surface area contributed by atoms with Gasteiger partial charge in [0.2, 0.25) is 5.89 Å². The van der Waals surface area contributed by atoms with E-state index in [1.807, 2.05) is 6.07 Å². The second-order valence-electron chi connectivity index (χ2n) is 4.77. The molecule has 2 aromatic carbocycles. The van der Waals surface area contributed by atoms with E-state index < -0.39 is 0 Å². The predicted octanol–water partition coefficient (Wildman–Crippen LogP) is 3.78. The molecule has 1 heterocycles. The van der Waals surface area contributed by atoms with Gasteiger partial charge in [0, 0.05) is 12.1 Å². The number of aromatic nitrogens is 1. The van der Waals surface area contributed by atoms with Crippen molar-refractivity contribution in [1.82, 2.24) is 4.98 Å². The molecule has 0 fully saturated rings. The standard InChI is InChI=1S/C17H16N2O/c1-12-2-5-15(17-19-8-9-20-17)10-16(12)14-6-3-13(11-18)4-7-14/h2-10H,11,18H2,1H3. The Balaban J connectivity index is 2.05. The first-order valence-corrected chi connectivity index (χ1v) is 6.58. The summed E-state index contributed by atoms with van der Waals surface area (Å²) in [5, 5.41) is 0. The Morgan fingerprint density at radius 3 is 2.45 bits per heavy atom. The van der Waals surface area contributed by atoms with Gasteiger partial charge in [-0.2, -0.15) is 0 Å². The van der Waals surface area contributed by atoms with Gasteiger partial charge in [-0.1, -0.05) is 30.3 Å². The molecule has 0 bridgehead atoms. The van der Waals surface area contributed by atoms with E-state index in [1.54, 1.807) is 12.5 Å². The highest BCUT2D eigenvalue weighted by atomic mass is 16.3. The van der Waals surface area contributed by atoms with Crippen LogP contribution in [0.3, 0.4) is 0 Å². The van der Waals surface area contributed by atoms with Crippen LogP contribution in [-0.2, 0) is 6.54 Å². The molecule has 20 heavy (non-hydrogen) atoms. The maximum atomic E-state index is 5.64. The second-order valence-corrected chi connectivity index (χ2v) is 4.77. The molecule has 0 saturated carbocycles. The zero-order valence-corrected chi connectivity index (χ0v) is 11.3. The highest BCUT2D eigenvalue weighted by Gasteiger charge is 2.07. The number of nitrogens with zero attached hydrogens (tertiary/aromatic N) is 1. The molecular weight excluding hydrogens is 248 g/mol. The third kappa shape index (κ3) is 2.36. The van der Waals surface area contributed by atoms with Crippen molar-refractivity contribution in [2.45, 2.75) is 13.5 Å². The summed E-state index contributed by atoms with van der Waals surface area (Å²) >= 11 is 0. The molecule has 0 amide bonds. The predicted molar refractivity (Wildman–Crippen MR) is 80.0 cm³/mol. The summed E-state index contributed by atoms with van der Waals surface area (Å²) in [7, 11) is 0. The van der Waals surface area contributed by atoms with E-state index in [9.17, 15) is 0 Å². The highest BCUT2D eigenvalue weighted by Crippen LogP contribution is 2.28. The molecule has 0 aliphatic heterocycles. The number of hydrogen-bond donors (Lipinski definition) is 1. The van der Waals surface area contributed by atoms with E-state index in [0.29, 0.717) is 12.4 Å². The Bertz CT molecular complexity index is 700. The summed E-state index contributed by atoms with van der Waals surface area (Å²) in [5.74, 6) is 0.643. The smallest absolute Gasteiger partial charge is 0.225 e. The number of aryl methyl sites for hydroxylation is 1. The molecule has 3 heteroatoms. The molecule has 3 nitrogen and oxygen atoms in total. The van der Waals surface area contributed by atoms with E-state index in [-0.39, 0.29) is 0 Å². The van der Waals surface area contributed by atoms with Crippen molar-refractivity contribution in [1.29, 1.82) is 0 Å². The molecular formula is C17H16N2O. The summed E-state index contributed by atoms with van der Waals surface area (Å²) < 4.78 is 5.36. The number of hydrogen-bond acceptors (Lipinski definition) is 3. The quantitative estimate of drug-likeness (QED) is 0.783. The molecule has 0 aliphatic carbocycles. The fourth-order valence-electron chi connectivity index (χ4n) is 2.25. The van der Waals surface area contributed by atoms with Crippen LogP contribution in [0.5, 0.6) is 0 Å². The molecule has 3 rings (SSSR count). The van der Waals surface area contributed by atoms with E-state index in [0.717, 1.165) is 11.1 Å². The first-order chi connectivity index (χ1) is 9.78. The van der Waals surface area contributed by atoms with Crippen LogP contribution in [0, 0.1) is 6.92 Å². The van der Waals surface area contributed by atoms with Crippen LogP contribution in [0.1, 0.15) is 11.1 Å². The van der Waals surface area contributed by atoms with Crippen LogP contribution in [0.2, 0.25) is 0 Å². The number of rotatable bonds is 3. The fourth-order valence-corrected chi connectivity index (χ4v) is 2.25. The van der Waals surface area contributed by atoms with E-state index >= 15 is 0 Å². The molecule has 2 N–H and O–H groups in total. The van der Waals surface area contributed by atoms with Gasteiger partial charge in [0.15, 0.2) is 0 Å². The van der Waals surface area contributed by atoms with Crippen LogP contribution in [-0.4, -0.2) is 4.98 Å². The number of oxazole rings is 1. The van der Waals surface area contributed by atoms with Gasteiger partial charge in [0.25, 0.3) is 0 Å². The van der Waals surface area contributed by atoms with Gasteiger partial charge in [-0.25, -0.2) is 4.98 Å². The van der Waals surface area contributed by atoms with Gasteiger partial charge in [-0.05, 0) is 41.3 Å². The van der Waals surface area contributed by atoms with Gasteiger partial charge < -0.3 is 10.2 Å². The molecule has 100 valence electrons. The van der Waals surface area contributed by atoms with E-state index in [2.05, 4.69) is 48.3 Å². The highest BCUT2D eigenvalue weighted by molar-refractivity contribution is 5.72. The van der Waals surface area contributed by atoms with Crippen molar-refractivity contribution in [3.63, 3.8) is 0 Å². The van der Waals surface area contributed by atoms with Crippen LogP contribution >= 0.6 is 0 Å². The number of benzene rings is 2. The maximum Gasteiger partial charge on any atom is 0.225 e. The molecule has 0 radical (unpaired) electrons. The summed E-state index contributed by atoms with van der Waals surface area (Å²) in [6, 6.07) is 14.6. The lowest BCUT2D eigenvalue weighted by atomic mass is 9.97. The minimum atomic E-state index is 0.565. The van der Waals surface area contributed by atoms with Gasteiger partial charge in [0.1, 0.15) is 6.26 Å². The molecule has 0 saturated heterocycles. The van der Waals surface area contributed by atoms with Crippen molar-refractivity contribution in [2.75, 3.05) is 0 Å². The van der Waals surface area contributed by atoms with Crippen molar-refractivity contribution in [3.8, 4) is 22.6 Å². The van der Waals surface area contributed by atoms with Gasteiger partial charge in [-0.15, -0.1) is 0 Å². The maximum absolute atomic E-state index is 5.64. The topological polar surface area (TPSA) is 52.0 Å². The zero-order chi connectivity index (χ0) is 13.9. The third-order valence-electron chi connectivity index (χ3n) is 3.42. The van der Waals surface area contributed by atoms with Crippen molar-refractivity contribution < 1.29 is 4.42 Å². The van der Waals surface area contributed by atoms with E-state index in [1.165, 1.54) is 16.7 Å². The summed E-state index contributed by atoms with van der Waals surface area (Å²) in [4.78, 5) is 4.20. The molecule has 0 unspecified atom stereocenters. The van der Waals surface area contributed by atoms with Crippen LogP contribution < -0.4 is 5.73 Å². The Kier molecular flexibility index (Phi) is 3.35. The van der Waals surface area contributed by atoms with E-state index in [4.69, 9.17) is 10.2 Å². The lowest BCUT2D eigenvalue weighted by Crippen LogP contribution is -1.95. The van der Waals surface area contributed by atoms with Crippen LogP contribution in [0.4, 0.5) is 0 Å². The Morgan fingerprint density at radius 2 is 1.80 bits per heavy atom. The minimum absolute atomic E-state index is 0.565. The Morgan fingerprint density at radius 1 is 1.05 bits per heavy atom. The van der Waals surface area contributed by atoms with Crippen molar-refractivity contribution in [2.24, 2.45) is 5.73 Å². The summed E-state index contributed by atoms with van der Waals surface area (Å²) in [5.41, 5.74) is 11.3. The van der Waals surface area contributed by atoms with Gasteiger partial charge in [0.05, 0.1) is 6.20 Å². The fraction of sp³-hybridized carbons (Fsp3) is 0.118. The normalized spacial score (nSPS) is 10.7. The SMILES string of the molecule is Cc1ccc(-c2ncco2)cc1-c1ccc(CN)cc1. The Labute approximate surface area is 118 Å². The van der Waals surface area contributed by atoms with Crippen molar-refractivity contribution in [3.05, 3.63) is 66.1 Å². The lowest BCUT2D eigenvalue weighted by Gasteiger charge is -2.08. The van der Waals surface area contributed by atoms with Crippen LogP contribution in [0.25, 0.3) is 22.6 Å². The summed E-state index contributed by atoms with van der Waals surface area (Å²) in [6.45, 7) is 2.67. The first kappa shape index (κ1) is 12.6. The van der Waals surface area contributed by atoms with Gasteiger partial charge in [-0.3, -0.25) is 0 Å². The average Bonchev–Trinajstić information content (AvgIpc) is 3.02. The second kappa shape index (κ2) is 5.31. The molecule has 0 aliphatic rings. The number of nitrogens with two attached hydrogens (primary N) is 1. The molecule has 3 aromatic rings. The monoisotopic (exact) mass is 264 g/mol. The molecule has 0 spiro atoms. The average molecular weight is 264 g/mol. The molecule has 1 aromatic heterocycles. The van der Waals surface area contributed by atoms with Gasteiger partial charge >= 0.3 is 0 Å².